The number of hydrogen-bond donors (Lipinski definition) is 2. The van der Waals surface area contributed by atoms with E-state index in [0.29, 0.717) is 13.2 Å². The minimum Gasteiger partial charge on any atom is -0.508 e. The number of hydrogen-bond acceptors (Lipinski definition) is 4. The van der Waals surface area contributed by atoms with Crippen molar-refractivity contribution in [1.29, 1.82) is 0 Å². The van der Waals surface area contributed by atoms with Gasteiger partial charge in [0.1, 0.15) is 12.4 Å². The van der Waals surface area contributed by atoms with Gasteiger partial charge in [-0.3, -0.25) is 9.29 Å². The summed E-state index contributed by atoms with van der Waals surface area (Å²) in [7, 11) is 0. The van der Waals surface area contributed by atoms with Crippen LogP contribution >= 0.6 is 0 Å². The predicted molar refractivity (Wildman–Crippen MR) is 141 cm³/mol. The van der Waals surface area contributed by atoms with Gasteiger partial charge in [-0.2, -0.15) is 0 Å². The number of fused-ring (bicyclic) bond motifs is 1. The minimum absolute atomic E-state index is 0.0608. The number of phenols is 1. The number of phenolic OH excluding ortho intramolecular Hbond substituents is 1. The molecule has 1 aromatic carbocycles. The molecule has 0 saturated carbocycles. The summed E-state index contributed by atoms with van der Waals surface area (Å²) in [4.78, 5) is 2.32. The fourth-order valence-corrected chi connectivity index (χ4v) is 5.38. The van der Waals surface area contributed by atoms with E-state index in [-0.39, 0.29) is 30.1 Å². The Labute approximate surface area is 211 Å². The number of rotatable bonds is 8. The Morgan fingerprint density at radius 1 is 1.17 bits per heavy atom. The minimum atomic E-state index is -0.231. The molecule has 0 amide bonds. The summed E-state index contributed by atoms with van der Waals surface area (Å²) in [6.07, 6.45) is 10.4. The number of aryl methyl sites for hydroxylation is 1. The maximum atomic E-state index is 12.9. The smallest absolute Gasteiger partial charge is 0.167 e. The number of allylic oxidation sites excluding steroid dienone is 7. The van der Waals surface area contributed by atoms with Crippen molar-refractivity contribution in [2.45, 2.75) is 45.7 Å². The summed E-state index contributed by atoms with van der Waals surface area (Å²) in [6, 6.07) is 5.74. The van der Waals surface area contributed by atoms with Crippen LogP contribution in [-0.4, -0.2) is 52.1 Å². The third-order valence-electron chi connectivity index (χ3n) is 7.52. The highest BCUT2D eigenvalue weighted by atomic mass is 19.1. The molecule has 0 radical (unpaired) electrons. The first-order valence-electron chi connectivity index (χ1n) is 12.7. The van der Waals surface area contributed by atoms with Crippen LogP contribution in [0.2, 0.25) is 0 Å². The highest BCUT2D eigenvalue weighted by Gasteiger charge is 2.26. The van der Waals surface area contributed by atoms with Gasteiger partial charge in [-0.15, -0.1) is 0 Å². The average molecular weight is 489 g/mol. The zero-order chi connectivity index (χ0) is 25.2. The van der Waals surface area contributed by atoms with E-state index in [1.165, 1.54) is 5.57 Å². The van der Waals surface area contributed by atoms with E-state index < -0.39 is 0 Å². The van der Waals surface area contributed by atoms with Crippen molar-refractivity contribution in [3.8, 4) is 5.75 Å². The lowest BCUT2D eigenvalue weighted by molar-refractivity contribution is 0.115. The molecule has 3 aliphatic rings. The Hall–Kier alpha value is -3.43. The standard InChI is InChI=1S/C30H33FN2O3/c1-20(32-14-13-23(16-31)17-32)19-36-27-10-3-22(4-11-27)18-33-29-12-9-26(35)15-28(29)21(2)30(33)24-5-7-25(34)8-6-24/h3,5,7,9-10,12,15,20,23,34-35H,4,11,13-14,16-19H2,1-2H3/t20-,23-/m0/s1. The molecule has 5 rings (SSSR count). The van der Waals surface area contributed by atoms with E-state index in [1.807, 2.05) is 19.1 Å². The molecule has 0 bridgehead atoms. The summed E-state index contributed by atoms with van der Waals surface area (Å²) in [5, 5.41) is 20.8. The van der Waals surface area contributed by atoms with Gasteiger partial charge in [0.15, 0.2) is 5.76 Å². The number of nitrogens with zero attached hydrogens (tertiary/aromatic N) is 2. The number of likely N-dealkylation sites (tertiary alicyclic amines) is 1. The van der Waals surface area contributed by atoms with Crippen LogP contribution in [0, 0.1) is 12.8 Å². The highest BCUT2D eigenvalue weighted by Crippen LogP contribution is 2.35. The summed E-state index contributed by atoms with van der Waals surface area (Å²) in [6.45, 7) is 7.07. The van der Waals surface area contributed by atoms with Gasteiger partial charge >= 0.3 is 0 Å². The lowest BCUT2D eigenvalue weighted by Crippen LogP contribution is -2.34. The number of aromatic nitrogens is 1. The first kappa shape index (κ1) is 24.3. The average Bonchev–Trinajstić information content (AvgIpc) is 3.47. The Kier molecular flexibility index (Phi) is 6.93. The summed E-state index contributed by atoms with van der Waals surface area (Å²) in [5.74, 6) is 1.46. The second kappa shape index (κ2) is 10.3. The number of halogens is 1. The van der Waals surface area contributed by atoms with Gasteiger partial charge in [-0.05, 0) is 86.5 Å². The third kappa shape index (κ3) is 4.94. The highest BCUT2D eigenvalue weighted by molar-refractivity contribution is 5.92. The van der Waals surface area contributed by atoms with Crippen LogP contribution in [0.5, 0.6) is 5.75 Å². The lowest BCUT2D eigenvalue weighted by Gasteiger charge is -2.25. The Balaban J connectivity index is 1.35. The third-order valence-corrected chi connectivity index (χ3v) is 7.52. The quantitative estimate of drug-likeness (QED) is 0.441. The van der Waals surface area contributed by atoms with Crippen molar-refractivity contribution in [2.24, 2.45) is 5.92 Å². The number of aliphatic hydroxyl groups is 1. The molecule has 188 valence electrons. The first-order chi connectivity index (χ1) is 17.4. The van der Waals surface area contributed by atoms with Gasteiger partial charge in [0, 0.05) is 47.9 Å². The van der Waals surface area contributed by atoms with Crippen molar-refractivity contribution in [3.05, 3.63) is 82.3 Å². The molecule has 0 unspecified atom stereocenters. The number of alkyl halides is 1. The molecule has 1 fully saturated rings. The molecule has 0 spiro atoms. The van der Waals surface area contributed by atoms with Crippen molar-refractivity contribution < 1.29 is 19.3 Å². The van der Waals surface area contributed by atoms with E-state index >= 15 is 0 Å². The van der Waals surface area contributed by atoms with Gasteiger partial charge in [0.25, 0.3) is 0 Å². The number of benzene rings is 1. The second-order valence-corrected chi connectivity index (χ2v) is 10.1. The van der Waals surface area contributed by atoms with Gasteiger partial charge in [-0.25, -0.2) is 0 Å². The number of aromatic hydroxyl groups is 1. The fourth-order valence-electron chi connectivity index (χ4n) is 5.38. The fraction of sp³-hybridized carbons (Fsp3) is 0.400. The van der Waals surface area contributed by atoms with Gasteiger partial charge in [0.2, 0.25) is 0 Å². The maximum Gasteiger partial charge on any atom is 0.167 e. The maximum absolute atomic E-state index is 12.9. The molecule has 1 saturated heterocycles. The Morgan fingerprint density at radius 3 is 2.72 bits per heavy atom. The molecule has 2 aromatic rings. The number of ether oxygens (including phenoxy) is 1. The van der Waals surface area contributed by atoms with Crippen LogP contribution in [0.4, 0.5) is 4.39 Å². The zero-order valence-corrected chi connectivity index (χ0v) is 20.9. The van der Waals surface area contributed by atoms with E-state index in [1.54, 1.807) is 18.2 Å². The van der Waals surface area contributed by atoms with Crippen molar-refractivity contribution >= 4 is 16.5 Å². The second-order valence-electron chi connectivity index (χ2n) is 10.1. The summed E-state index contributed by atoms with van der Waals surface area (Å²) in [5.41, 5.74) is 11.1. The zero-order valence-electron chi connectivity index (χ0n) is 20.9. The molecule has 36 heavy (non-hydrogen) atoms. The van der Waals surface area contributed by atoms with Crippen LogP contribution < -0.4 is 0 Å². The molecule has 2 aliphatic carbocycles. The van der Waals surface area contributed by atoms with Crippen LogP contribution in [0.3, 0.4) is 0 Å². The van der Waals surface area contributed by atoms with E-state index in [4.69, 9.17) is 4.74 Å². The predicted octanol–water partition coefficient (Wildman–Crippen LogP) is 6.11. The molecule has 5 nitrogen and oxygen atoms in total. The van der Waals surface area contributed by atoms with E-state index in [2.05, 4.69) is 40.0 Å². The first-order valence-corrected chi connectivity index (χ1v) is 12.7. The topological polar surface area (TPSA) is 57.9 Å². The Bertz CT molecular complexity index is 1370. The summed E-state index contributed by atoms with van der Waals surface area (Å²) < 4.78 is 21.3. The normalized spacial score (nSPS) is 20.8. The monoisotopic (exact) mass is 488 g/mol. The van der Waals surface area contributed by atoms with Crippen molar-refractivity contribution in [1.82, 2.24) is 9.47 Å². The molecule has 1 aromatic heterocycles. The Morgan fingerprint density at radius 2 is 2.03 bits per heavy atom. The molecule has 2 heterocycles. The molecule has 2 N–H and O–H groups in total. The molecule has 2 atom stereocenters. The SMILES string of the molecule is Cc1c(C2=C=C=C(O)C=C2)n(CC2=CC=C(OC[C@H](C)N3CC[C@@H](CF)C3)CC2)c2ccc(O)cc12. The van der Waals surface area contributed by atoms with Crippen molar-refractivity contribution in [2.75, 3.05) is 26.4 Å². The molecular weight excluding hydrogens is 455 g/mol. The largest absolute Gasteiger partial charge is 0.508 e. The number of aliphatic hydroxyl groups excluding tert-OH is 1. The summed E-state index contributed by atoms with van der Waals surface area (Å²) >= 11 is 0. The molecule has 1 aliphatic heterocycles. The van der Waals surface area contributed by atoms with Gasteiger partial charge in [-0.1, -0.05) is 11.8 Å². The van der Waals surface area contributed by atoms with Gasteiger partial charge < -0.3 is 19.5 Å². The van der Waals surface area contributed by atoms with Crippen LogP contribution in [0.15, 0.2) is 71.1 Å². The van der Waals surface area contributed by atoms with E-state index in [0.717, 1.165) is 65.8 Å². The lowest BCUT2D eigenvalue weighted by atomic mass is 10.0. The van der Waals surface area contributed by atoms with Crippen LogP contribution in [0.25, 0.3) is 16.5 Å². The molecule has 6 heteroatoms. The van der Waals surface area contributed by atoms with Crippen LogP contribution in [0.1, 0.15) is 37.4 Å². The van der Waals surface area contributed by atoms with Crippen molar-refractivity contribution in [3.63, 3.8) is 0 Å². The molecular formula is C30H33FN2O3. The van der Waals surface area contributed by atoms with E-state index in [9.17, 15) is 14.6 Å². The van der Waals surface area contributed by atoms with Crippen LogP contribution in [-0.2, 0) is 11.3 Å². The van der Waals surface area contributed by atoms with Gasteiger partial charge in [0.05, 0.1) is 18.1 Å².